The van der Waals surface area contributed by atoms with Crippen LogP contribution in [0.25, 0.3) is 0 Å². The molecule has 20 heavy (non-hydrogen) atoms. The van der Waals surface area contributed by atoms with Gasteiger partial charge in [0.05, 0.1) is 5.56 Å². The van der Waals surface area contributed by atoms with Crippen LogP contribution in [0.5, 0.6) is 0 Å². The molecule has 104 valence electrons. The lowest BCUT2D eigenvalue weighted by Crippen LogP contribution is -2.42. The smallest absolute Gasteiger partial charge is 0.292 e. The number of hydrogen-bond acceptors (Lipinski definition) is 6. The van der Waals surface area contributed by atoms with Gasteiger partial charge in [-0.3, -0.25) is 20.4 Å². The maximum atomic E-state index is 11.8. The van der Waals surface area contributed by atoms with Crippen LogP contribution in [0.4, 0.5) is 5.82 Å². The predicted molar refractivity (Wildman–Crippen MR) is 69.6 cm³/mol. The topological polar surface area (TPSA) is 123 Å². The van der Waals surface area contributed by atoms with Crippen LogP contribution in [0, 0.1) is 13.8 Å². The van der Waals surface area contributed by atoms with Crippen LogP contribution in [0.3, 0.4) is 0 Å². The Bertz CT molecular complexity index is 665. The van der Waals surface area contributed by atoms with Crippen molar-refractivity contribution in [2.75, 3.05) is 5.73 Å². The van der Waals surface area contributed by atoms with E-state index in [9.17, 15) is 9.59 Å². The zero-order valence-corrected chi connectivity index (χ0v) is 10.9. The van der Waals surface area contributed by atoms with Gasteiger partial charge in [0.15, 0.2) is 11.5 Å². The number of nitrogens with one attached hydrogen (secondary N) is 2. The minimum atomic E-state index is -0.651. The lowest BCUT2D eigenvalue weighted by Gasteiger charge is -2.07. The fourth-order valence-electron chi connectivity index (χ4n) is 1.62. The summed E-state index contributed by atoms with van der Waals surface area (Å²) in [4.78, 5) is 31.1. The molecule has 0 saturated heterocycles. The number of nitrogen functional groups attached to an aromatic ring is 1. The van der Waals surface area contributed by atoms with Gasteiger partial charge < -0.3 is 10.2 Å². The van der Waals surface area contributed by atoms with Gasteiger partial charge in [0, 0.05) is 12.4 Å². The molecular formula is C12H13N5O3. The molecular weight excluding hydrogens is 262 g/mol. The van der Waals surface area contributed by atoms with Crippen molar-refractivity contribution in [2.45, 2.75) is 13.8 Å². The Morgan fingerprint density at radius 2 is 1.80 bits per heavy atom. The Morgan fingerprint density at radius 3 is 2.40 bits per heavy atom. The molecule has 8 heteroatoms. The molecule has 2 heterocycles. The van der Waals surface area contributed by atoms with E-state index < -0.39 is 11.8 Å². The molecule has 0 aliphatic rings. The summed E-state index contributed by atoms with van der Waals surface area (Å²) >= 11 is 0. The summed E-state index contributed by atoms with van der Waals surface area (Å²) in [5, 5.41) is 0. The molecule has 0 fully saturated rings. The van der Waals surface area contributed by atoms with Gasteiger partial charge in [0.25, 0.3) is 11.8 Å². The van der Waals surface area contributed by atoms with Gasteiger partial charge in [-0.15, -0.1) is 0 Å². The van der Waals surface area contributed by atoms with Gasteiger partial charge in [0.1, 0.15) is 11.5 Å². The van der Waals surface area contributed by atoms with Crippen molar-refractivity contribution in [3.05, 3.63) is 41.2 Å². The number of aryl methyl sites for hydroxylation is 2. The first-order valence-electron chi connectivity index (χ1n) is 5.73. The second-order valence-corrected chi connectivity index (χ2v) is 4.03. The molecule has 2 amide bonds. The number of rotatable bonds is 2. The molecule has 0 atom stereocenters. The standard InChI is InChI=1S/C12H13N5O3/c1-6-5-8(7(2)20-6)11(18)16-17-12(19)9-10(13)15-4-3-14-9/h3-5H,1-2H3,(H2,13,15)(H,16,18)(H,17,19). The second kappa shape index (κ2) is 5.39. The number of amides is 2. The number of hydrazine groups is 1. The summed E-state index contributed by atoms with van der Waals surface area (Å²) in [6.07, 6.45) is 2.69. The van der Waals surface area contributed by atoms with Crippen LogP contribution in [0.15, 0.2) is 22.9 Å². The summed E-state index contributed by atoms with van der Waals surface area (Å²) in [5.41, 5.74) is 10.3. The van der Waals surface area contributed by atoms with Crippen LogP contribution >= 0.6 is 0 Å². The fourth-order valence-corrected chi connectivity index (χ4v) is 1.62. The summed E-state index contributed by atoms with van der Waals surface area (Å²) < 4.78 is 5.23. The van der Waals surface area contributed by atoms with E-state index in [1.165, 1.54) is 12.4 Å². The molecule has 2 rings (SSSR count). The first kappa shape index (κ1) is 13.5. The van der Waals surface area contributed by atoms with Crippen molar-refractivity contribution >= 4 is 17.6 Å². The van der Waals surface area contributed by atoms with E-state index in [0.29, 0.717) is 17.1 Å². The third kappa shape index (κ3) is 2.74. The van der Waals surface area contributed by atoms with E-state index in [-0.39, 0.29) is 11.5 Å². The van der Waals surface area contributed by atoms with Crippen molar-refractivity contribution in [3.8, 4) is 0 Å². The van der Waals surface area contributed by atoms with Gasteiger partial charge in [0.2, 0.25) is 0 Å². The molecule has 2 aromatic rings. The molecule has 0 radical (unpaired) electrons. The van der Waals surface area contributed by atoms with Crippen molar-refractivity contribution in [3.63, 3.8) is 0 Å². The monoisotopic (exact) mass is 275 g/mol. The van der Waals surface area contributed by atoms with Gasteiger partial charge in [-0.2, -0.15) is 0 Å². The molecule has 0 aliphatic heterocycles. The van der Waals surface area contributed by atoms with Gasteiger partial charge >= 0.3 is 0 Å². The van der Waals surface area contributed by atoms with Gasteiger partial charge in [-0.05, 0) is 19.9 Å². The number of nitrogens with two attached hydrogens (primary N) is 1. The Labute approximate surface area is 114 Å². The van der Waals surface area contributed by atoms with E-state index in [1.54, 1.807) is 19.9 Å². The Balaban J connectivity index is 2.02. The number of carbonyl (C=O) groups is 2. The summed E-state index contributed by atoms with van der Waals surface area (Å²) in [6.45, 7) is 3.38. The molecule has 0 spiro atoms. The third-order valence-corrected chi connectivity index (χ3v) is 2.52. The Morgan fingerprint density at radius 1 is 1.15 bits per heavy atom. The average molecular weight is 275 g/mol. The second-order valence-electron chi connectivity index (χ2n) is 4.03. The largest absolute Gasteiger partial charge is 0.466 e. The van der Waals surface area contributed by atoms with Gasteiger partial charge in [-0.25, -0.2) is 9.97 Å². The minimum Gasteiger partial charge on any atom is -0.466 e. The number of hydrogen-bond donors (Lipinski definition) is 3. The van der Waals surface area contributed by atoms with E-state index in [2.05, 4.69) is 20.8 Å². The first-order valence-corrected chi connectivity index (χ1v) is 5.73. The molecule has 8 nitrogen and oxygen atoms in total. The molecule has 0 unspecified atom stereocenters. The van der Waals surface area contributed by atoms with Crippen LogP contribution in [-0.2, 0) is 0 Å². The maximum Gasteiger partial charge on any atom is 0.292 e. The molecule has 4 N–H and O–H groups in total. The quantitative estimate of drug-likeness (QED) is 0.679. The van der Waals surface area contributed by atoms with Crippen molar-refractivity contribution in [2.24, 2.45) is 0 Å². The summed E-state index contributed by atoms with van der Waals surface area (Å²) in [6, 6.07) is 1.58. The highest BCUT2D eigenvalue weighted by molar-refractivity contribution is 6.00. The SMILES string of the molecule is Cc1cc(C(=O)NNC(=O)c2nccnc2N)c(C)o1. The fraction of sp³-hybridized carbons (Fsp3) is 0.167. The summed E-state index contributed by atoms with van der Waals surface area (Å²) in [5.74, 6) is -0.0861. The highest BCUT2D eigenvalue weighted by atomic mass is 16.3. The normalized spacial score (nSPS) is 10.1. The molecule has 0 saturated carbocycles. The third-order valence-electron chi connectivity index (χ3n) is 2.52. The number of furan rings is 1. The molecule has 0 aliphatic carbocycles. The van der Waals surface area contributed by atoms with Crippen LogP contribution in [0.1, 0.15) is 32.4 Å². The van der Waals surface area contributed by atoms with Crippen molar-refractivity contribution in [1.29, 1.82) is 0 Å². The average Bonchev–Trinajstić information content (AvgIpc) is 2.75. The highest BCUT2D eigenvalue weighted by Gasteiger charge is 2.16. The predicted octanol–water partition coefficient (Wildman–Crippen LogP) is 0.343. The maximum absolute atomic E-state index is 11.8. The van der Waals surface area contributed by atoms with E-state index in [0.717, 1.165) is 0 Å². The molecule has 0 aromatic carbocycles. The summed E-state index contributed by atoms with van der Waals surface area (Å²) in [7, 11) is 0. The number of aromatic nitrogens is 2. The molecule has 0 bridgehead atoms. The van der Waals surface area contributed by atoms with Crippen LogP contribution in [0.2, 0.25) is 0 Å². The van der Waals surface area contributed by atoms with E-state index >= 15 is 0 Å². The highest BCUT2D eigenvalue weighted by Crippen LogP contribution is 2.13. The Kier molecular flexibility index (Phi) is 3.65. The van der Waals surface area contributed by atoms with Crippen molar-refractivity contribution in [1.82, 2.24) is 20.8 Å². The lowest BCUT2D eigenvalue weighted by molar-refractivity contribution is 0.0843. The zero-order valence-electron chi connectivity index (χ0n) is 10.9. The van der Waals surface area contributed by atoms with Crippen LogP contribution in [-0.4, -0.2) is 21.8 Å². The Hall–Kier alpha value is -2.90. The first-order chi connectivity index (χ1) is 9.49. The van der Waals surface area contributed by atoms with Gasteiger partial charge in [-0.1, -0.05) is 0 Å². The lowest BCUT2D eigenvalue weighted by atomic mass is 10.2. The van der Waals surface area contributed by atoms with E-state index in [4.69, 9.17) is 10.2 Å². The van der Waals surface area contributed by atoms with Crippen LogP contribution < -0.4 is 16.6 Å². The van der Waals surface area contributed by atoms with Crippen molar-refractivity contribution < 1.29 is 14.0 Å². The number of anilines is 1. The minimum absolute atomic E-state index is 0.0189. The molecule has 2 aromatic heterocycles. The number of nitrogens with zero attached hydrogens (tertiary/aromatic N) is 2. The van der Waals surface area contributed by atoms with E-state index in [1.807, 2.05) is 0 Å². The number of carbonyl (C=O) groups excluding carboxylic acids is 2. The zero-order chi connectivity index (χ0) is 14.7.